The van der Waals surface area contributed by atoms with Gasteiger partial charge in [0.05, 0.1) is 11.3 Å². The predicted octanol–water partition coefficient (Wildman–Crippen LogP) is 3.82. The molecule has 0 saturated carbocycles. The van der Waals surface area contributed by atoms with E-state index in [9.17, 15) is 14.4 Å². The van der Waals surface area contributed by atoms with Crippen molar-refractivity contribution < 1.29 is 19.1 Å². The van der Waals surface area contributed by atoms with Crippen molar-refractivity contribution in [2.75, 3.05) is 11.9 Å². The van der Waals surface area contributed by atoms with Crippen molar-refractivity contribution >= 4 is 34.7 Å². The Kier molecular flexibility index (Phi) is 6.47. The van der Waals surface area contributed by atoms with Gasteiger partial charge in [-0.3, -0.25) is 14.4 Å². The van der Waals surface area contributed by atoms with Gasteiger partial charge in [-0.2, -0.15) is 0 Å². The number of hydrogen-bond donors (Lipinski definition) is 1. The molecular formula is C19H21NO4S. The summed E-state index contributed by atoms with van der Waals surface area (Å²) in [5, 5.41) is 2.75. The third-order valence-electron chi connectivity index (χ3n) is 3.68. The van der Waals surface area contributed by atoms with E-state index in [2.05, 4.69) is 5.32 Å². The van der Waals surface area contributed by atoms with E-state index >= 15 is 0 Å². The number of aryl methyl sites for hydroxylation is 3. The van der Waals surface area contributed by atoms with Gasteiger partial charge in [-0.1, -0.05) is 18.2 Å². The number of amides is 1. The minimum Gasteiger partial charge on any atom is -0.456 e. The van der Waals surface area contributed by atoms with Crippen molar-refractivity contribution in [1.82, 2.24) is 0 Å². The molecule has 0 aliphatic carbocycles. The Bertz CT molecular complexity index is 774. The second kappa shape index (κ2) is 8.58. The molecule has 6 heteroatoms. The van der Waals surface area contributed by atoms with E-state index in [-0.39, 0.29) is 25.2 Å². The van der Waals surface area contributed by atoms with Crippen LogP contribution in [-0.2, 0) is 14.3 Å². The average molecular weight is 359 g/mol. The molecule has 132 valence electrons. The van der Waals surface area contributed by atoms with Crippen LogP contribution in [0.25, 0.3) is 0 Å². The topological polar surface area (TPSA) is 72.5 Å². The van der Waals surface area contributed by atoms with E-state index in [4.69, 9.17) is 4.74 Å². The lowest BCUT2D eigenvalue weighted by Crippen LogP contribution is -2.22. The molecule has 25 heavy (non-hydrogen) atoms. The second-order valence-corrected chi connectivity index (χ2v) is 7.10. The van der Waals surface area contributed by atoms with Crippen LogP contribution in [0.15, 0.2) is 30.3 Å². The minimum atomic E-state index is -0.557. The Labute approximate surface area is 151 Å². The quantitative estimate of drug-likeness (QED) is 0.602. The number of ether oxygens (including phenoxy) is 1. The zero-order valence-corrected chi connectivity index (χ0v) is 15.4. The molecule has 0 unspecified atom stereocenters. The molecule has 1 aromatic carbocycles. The van der Waals surface area contributed by atoms with Crippen LogP contribution in [0.1, 0.15) is 38.5 Å². The normalized spacial score (nSPS) is 10.4. The molecule has 0 aliphatic rings. The van der Waals surface area contributed by atoms with Gasteiger partial charge < -0.3 is 10.1 Å². The second-order valence-electron chi connectivity index (χ2n) is 5.81. The monoisotopic (exact) mass is 359 g/mol. The Morgan fingerprint density at radius 3 is 2.28 bits per heavy atom. The van der Waals surface area contributed by atoms with Crippen molar-refractivity contribution in [1.29, 1.82) is 0 Å². The van der Waals surface area contributed by atoms with Crippen molar-refractivity contribution in [3.05, 3.63) is 51.2 Å². The number of carbonyl (C=O) groups is 3. The molecule has 0 saturated heterocycles. The van der Waals surface area contributed by atoms with Crippen LogP contribution in [-0.4, -0.2) is 24.3 Å². The van der Waals surface area contributed by atoms with Gasteiger partial charge in [0.2, 0.25) is 0 Å². The van der Waals surface area contributed by atoms with Gasteiger partial charge in [-0.15, -0.1) is 11.3 Å². The van der Waals surface area contributed by atoms with Crippen LogP contribution >= 0.6 is 11.3 Å². The van der Waals surface area contributed by atoms with Crippen molar-refractivity contribution in [2.45, 2.75) is 33.6 Å². The van der Waals surface area contributed by atoms with Gasteiger partial charge in [-0.05, 0) is 44.0 Å². The number of hydrogen-bond acceptors (Lipinski definition) is 5. The maximum atomic E-state index is 11.9. The largest absolute Gasteiger partial charge is 0.456 e. The lowest BCUT2D eigenvalue weighted by molar-refractivity contribution is -0.147. The molecule has 2 aromatic rings. The van der Waals surface area contributed by atoms with Gasteiger partial charge in [0.15, 0.2) is 12.4 Å². The summed E-state index contributed by atoms with van der Waals surface area (Å²) in [5.74, 6) is -1.04. The van der Waals surface area contributed by atoms with Crippen LogP contribution in [0.5, 0.6) is 0 Å². The lowest BCUT2D eigenvalue weighted by Gasteiger charge is -2.11. The Morgan fingerprint density at radius 1 is 1.00 bits per heavy atom. The minimum absolute atomic E-state index is 0.0353. The molecule has 0 bridgehead atoms. The molecule has 0 atom stereocenters. The van der Waals surface area contributed by atoms with Gasteiger partial charge in [0, 0.05) is 17.0 Å². The summed E-state index contributed by atoms with van der Waals surface area (Å²) in [7, 11) is 0. The Morgan fingerprint density at radius 2 is 1.68 bits per heavy atom. The number of thiophene rings is 1. The zero-order chi connectivity index (χ0) is 18.4. The van der Waals surface area contributed by atoms with Gasteiger partial charge in [-0.25, -0.2) is 0 Å². The number of para-hydroxylation sites is 1. The van der Waals surface area contributed by atoms with E-state index in [0.29, 0.717) is 4.88 Å². The van der Waals surface area contributed by atoms with E-state index in [0.717, 1.165) is 21.7 Å². The van der Waals surface area contributed by atoms with Crippen molar-refractivity contribution in [3.8, 4) is 0 Å². The molecule has 1 aromatic heterocycles. The standard InChI is InChI=1S/C19H21NO4S/c1-12-5-4-6-13(2)19(12)20-17(22)11-24-18(23)10-8-15(21)16-9-7-14(3)25-16/h4-7,9H,8,10-11H2,1-3H3,(H,20,22). The summed E-state index contributed by atoms with van der Waals surface area (Å²) in [6, 6.07) is 9.32. The van der Waals surface area contributed by atoms with Gasteiger partial charge in [0.25, 0.3) is 5.91 Å². The number of benzene rings is 1. The molecule has 0 fully saturated rings. The summed E-state index contributed by atoms with van der Waals surface area (Å²) in [6.45, 7) is 5.35. The van der Waals surface area contributed by atoms with Crippen molar-refractivity contribution in [2.24, 2.45) is 0 Å². The summed E-state index contributed by atoms with van der Waals surface area (Å²) < 4.78 is 4.95. The Hall–Kier alpha value is -2.47. The number of anilines is 1. The molecule has 1 N–H and O–H groups in total. The first-order chi connectivity index (χ1) is 11.9. The smallest absolute Gasteiger partial charge is 0.306 e. The Balaban J connectivity index is 1.76. The van der Waals surface area contributed by atoms with Crippen LogP contribution in [0.3, 0.4) is 0 Å². The number of Topliss-reactive ketones (excluding diaryl/α,β-unsaturated/α-hetero) is 1. The highest BCUT2D eigenvalue weighted by Crippen LogP contribution is 2.19. The molecular weight excluding hydrogens is 338 g/mol. The average Bonchev–Trinajstić information content (AvgIpc) is 3.01. The summed E-state index contributed by atoms with van der Waals surface area (Å²) in [5.41, 5.74) is 2.61. The van der Waals surface area contributed by atoms with E-state index in [1.165, 1.54) is 11.3 Å². The molecule has 2 rings (SSSR count). The summed E-state index contributed by atoms with van der Waals surface area (Å²) >= 11 is 1.40. The molecule has 0 aliphatic heterocycles. The first-order valence-corrected chi connectivity index (χ1v) is 8.80. The van der Waals surface area contributed by atoms with E-state index in [1.54, 1.807) is 6.07 Å². The van der Waals surface area contributed by atoms with Crippen LogP contribution in [0, 0.1) is 20.8 Å². The third kappa shape index (κ3) is 5.53. The molecule has 5 nitrogen and oxygen atoms in total. The fourth-order valence-corrected chi connectivity index (χ4v) is 3.16. The maximum Gasteiger partial charge on any atom is 0.306 e. The van der Waals surface area contributed by atoms with Crippen LogP contribution in [0.2, 0.25) is 0 Å². The number of nitrogens with one attached hydrogen (secondary N) is 1. The highest BCUT2D eigenvalue weighted by molar-refractivity contribution is 7.14. The summed E-state index contributed by atoms with van der Waals surface area (Å²) in [6.07, 6.45) is 0.0454. The maximum absolute atomic E-state index is 11.9. The van der Waals surface area contributed by atoms with Crippen molar-refractivity contribution in [3.63, 3.8) is 0 Å². The van der Waals surface area contributed by atoms with Gasteiger partial charge >= 0.3 is 5.97 Å². The van der Waals surface area contributed by atoms with E-state index < -0.39 is 11.9 Å². The third-order valence-corrected chi connectivity index (χ3v) is 4.72. The number of carbonyl (C=O) groups excluding carboxylic acids is 3. The number of ketones is 1. The summed E-state index contributed by atoms with van der Waals surface area (Å²) in [4.78, 5) is 37.3. The first kappa shape index (κ1) is 18.9. The zero-order valence-electron chi connectivity index (χ0n) is 14.5. The van der Waals surface area contributed by atoms with E-state index in [1.807, 2.05) is 45.0 Å². The van der Waals surface area contributed by atoms with Gasteiger partial charge in [0.1, 0.15) is 0 Å². The van der Waals surface area contributed by atoms with Crippen LogP contribution in [0.4, 0.5) is 5.69 Å². The predicted molar refractivity (Wildman–Crippen MR) is 98.1 cm³/mol. The highest BCUT2D eigenvalue weighted by Gasteiger charge is 2.14. The molecule has 0 spiro atoms. The first-order valence-electron chi connectivity index (χ1n) is 7.98. The lowest BCUT2D eigenvalue weighted by atomic mass is 10.1. The van der Waals surface area contributed by atoms with Crippen LogP contribution < -0.4 is 5.32 Å². The highest BCUT2D eigenvalue weighted by atomic mass is 32.1. The number of esters is 1. The molecule has 1 amide bonds. The number of rotatable bonds is 7. The molecule has 1 heterocycles. The fraction of sp³-hybridized carbons (Fsp3) is 0.316. The fourth-order valence-electron chi connectivity index (χ4n) is 2.33. The SMILES string of the molecule is Cc1ccc(C(=O)CCC(=O)OCC(=O)Nc2c(C)cccc2C)s1. The molecule has 0 radical (unpaired) electrons.